The molecule has 146 valence electrons. The number of anilines is 1. The summed E-state index contributed by atoms with van der Waals surface area (Å²) in [4.78, 5) is 38.6. The Morgan fingerprint density at radius 1 is 1.22 bits per heavy atom. The third-order valence-electron chi connectivity index (χ3n) is 5.20. The van der Waals surface area contributed by atoms with Gasteiger partial charge < -0.3 is 19.7 Å². The van der Waals surface area contributed by atoms with E-state index in [0.717, 1.165) is 25.7 Å². The van der Waals surface area contributed by atoms with Crippen LogP contribution in [0.2, 0.25) is 0 Å². The summed E-state index contributed by atoms with van der Waals surface area (Å²) in [6, 6.07) is 7.35. The Bertz CT molecular complexity index is 714. The van der Waals surface area contributed by atoms with Gasteiger partial charge in [0.25, 0.3) is 5.91 Å². The lowest BCUT2D eigenvalue weighted by atomic mass is 10.1. The van der Waals surface area contributed by atoms with Gasteiger partial charge in [-0.2, -0.15) is 0 Å². The van der Waals surface area contributed by atoms with Gasteiger partial charge in [-0.05, 0) is 31.9 Å². The number of esters is 1. The molecular weight excluding hydrogens is 348 g/mol. The van der Waals surface area contributed by atoms with E-state index >= 15 is 0 Å². The fraction of sp³-hybridized carbons (Fsp3) is 0.550. The minimum atomic E-state index is -0.867. The topological polar surface area (TPSA) is 84.9 Å². The van der Waals surface area contributed by atoms with Gasteiger partial charge in [-0.3, -0.25) is 14.4 Å². The molecule has 1 saturated heterocycles. The Labute approximate surface area is 159 Å². The van der Waals surface area contributed by atoms with Gasteiger partial charge in [0.05, 0.1) is 18.7 Å². The molecule has 7 heteroatoms. The fourth-order valence-electron chi connectivity index (χ4n) is 3.66. The Kier molecular flexibility index (Phi) is 5.98. The molecule has 7 nitrogen and oxygen atoms in total. The third-order valence-corrected chi connectivity index (χ3v) is 5.20. The van der Waals surface area contributed by atoms with Gasteiger partial charge in [-0.1, -0.05) is 25.0 Å². The molecular formula is C20H26N2O5. The lowest BCUT2D eigenvalue weighted by Crippen LogP contribution is -2.41. The maximum atomic E-state index is 12.5. The van der Waals surface area contributed by atoms with Gasteiger partial charge in [0.2, 0.25) is 5.91 Å². The average Bonchev–Trinajstić information content (AvgIpc) is 3.31. The van der Waals surface area contributed by atoms with Crippen LogP contribution in [0.25, 0.3) is 0 Å². The van der Waals surface area contributed by atoms with Crippen molar-refractivity contribution in [1.82, 2.24) is 5.32 Å². The van der Waals surface area contributed by atoms with Crippen molar-refractivity contribution < 1.29 is 23.9 Å². The summed E-state index contributed by atoms with van der Waals surface area (Å²) in [6.45, 7) is 1.78. The average molecular weight is 374 g/mol. The number of para-hydroxylation sites is 2. The van der Waals surface area contributed by atoms with E-state index in [9.17, 15) is 14.4 Å². The van der Waals surface area contributed by atoms with E-state index in [2.05, 4.69) is 5.32 Å². The number of amides is 2. The van der Waals surface area contributed by atoms with E-state index in [1.54, 1.807) is 19.1 Å². The monoisotopic (exact) mass is 374 g/mol. The highest BCUT2D eigenvalue weighted by molar-refractivity contribution is 6.00. The largest absolute Gasteiger partial charge is 0.495 e. The smallest absolute Gasteiger partial charge is 0.312 e. The minimum Gasteiger partial charge on any atom is -0.495 e. The SMILES string of the molecule is COc1ccccc1N1C[C@H](C(=O)O[C@@H](C)C(=O)NC2CCCC2)CC1=O. The minimum absolute atomic E-state index is 0.0633. The molecule has 0 spiro atoms. The van der Waals surface area contributed by atoms with Crippen molar-refractivity contribution in [3.63, 3.8) is 0 Å². The summed E-state index contributed by atoms with van der Waals surface area (Å²) in [5, 5.41) is 2.92. The summed E-state index contributed by atoms with van der Waals surface area (Å²) in [5.74, 6) is -0.978. The van der Waals surface area contributed by atoms with Crippen molar-refractivity contribution in [3.05, 3.63) is 24.3 Å². The van der Waals surface area contributed by atoms with Crippen LogP contribution in [0.1, 0.15) is 39.0 Å². The molecule has 27 heavy (non-hydrogen) atoms. The molecule has 0 bridgehead atoms. The molecule has 2 fully saturated rings. The molecule has 3 rings (SSSR count). The van der Waals surface area contributed by atoms with E-state index in [1.807, 2.05) is 12.1 Å². The first-order valence-corrected chi connectivity index (χ1v) is 9.44. The lowest BCUT2D eigenvalue weighted by molar-refractivity contribution is -0.158. The van der Waals surface area contributed by atoms with Crippen molar-refractivity contribution in [2.75, 3.05) is 18.6 Å². The molecule has 0 radical (unpaired) electrons. The molecule has 0 unspecified atom stereocenters. The molecule has 2 aliphatic rings. The molecule has 0 aromatic heterocycles. The van der Waals surface area contributed by atoms with Crippen LogP contribution in [0.5, 0.6) is 5.75 Å². The van der Waals surface area contributed by atoms with Crippen LogP contribution in [-0.2, 0) is 19.1 Å². The van der Waals surface area contributed by atoms with Gasteiger partial charge >= 0.3 is 5.97 Å². The molecule has 2 atom stereocenters. The first kappa shape index (κ1) is 19.2. The van der Waals surface area contributed by atoms with Gasteiger partial charge in [0.1, 0.15) is 5.75 Å². The number of ether oxygens (including phenoxy) is 2. The Morgan fingerprint density at radius 2 is 1.93 bits per heavy atom. The number of carbonyl (C=O) groups excluding carboxylic acids is 3. The number of rotatable bonds is 6. The molecule has 1 aliphatic carbocycles. The lowest BCUT2D eigenvalue weighted by Gasteiger charge is -2.20. The van der Waals surface area contributed by atoms with E-state index in [4.69, 9.17) is 9.47 Å². The quantitative estimate of drug-likeness (QED) is 0.770. The number of hydrogen-bond donors (Lipinski definition) is 1. The van der Waals surface area contributed by atoms with Crippen LogP contribution in [0, 0.1) is 5.92 Å². The normalized spacial score (nSPS) is 21.2. The van der Waals surface area contributed by atoms with Crippen LogP contribution >= 0.6 is 0 Å². The highest BCUT2D eigenvalue weighted by Crippen LogP contribution is 2.33. The second-order valence-corrected chi connectivity index (χ2v) is 7.15. The van der Waals surface area contributed by atoms with Crippen LogP contribution in [0.15, 0.2) is 24.3 Å². The molecule has 2 amide bonds. The molecule has 1 saturated carbocycles. The number of methoxy groups -OCH3 is 1. The zero-order valence-electron chi connectivity index (χ0n) is 15.8. The second-order valence-electron chi connectivity index (χ2n) is 7.15. The van der Waals surface area contributed by atoms with Gasteiger partial charge in [0, 0.05) is 19.0 Å². The second kappa shape index (κ2) is 8.41. The maximum absolute atomic E-state index is 12.5. The Hall–Kier alpha value is -2.57. The predicted octanol–water partition coefficient (Wildman–Crippen LogP) is 2.04. The first-order valence-electron chi connectivity index (χ1n) is 9.44. The number of carbonyl (C=O) groups is 3. The zero-order valence-corrected chi connectivity index (χ0v) is 15.8. The number of benzene rings is 1. The van der Waals surface area contributed by atoms with Crippen molar-refractivity contribution in [3.8, 4) is 5.75 Å². The van der Waals surface area contributed by atoms with Crippen molar-refractivity contribution in [2.45, 2.75) is 51.2 Å². The standard InChI is InChI=1S/C20H26N2O5/c1-13(19(24)21-15-7-3-4-8-15)27-20(25)14-11-18(23)22(12-14)16-9-5-6-10-17(16)26-2/h5-6,9-10,13-15H,3-4,7-8,11-12H2,1-2H3,(H,21,24)/t13-,14+/m0/s1. The molecule has 1 heterocycles. The highest BCUT2D eigenvalue weighted by Gasteiger charge is 2.38. The summed E-state index contributed by atoms with van der Waals surface area (Å²) in [6.07, 6.45) is 3.36. The molecule has 1 N–H and O–H groups in total. The maximum Gasteiger partial charge on any atom is 0.312 e. The van der Waals surface area contributed by atoms with E-state index in [-0.39, 0.29) is 30.8 Å². The van der Waals surface area contributed by atoms with E-state index in [1.165, 1.54) is 12.0 Å². The highest BCUT2D eigenvalue weighted by atomic mass is 16.5. The van der Waals surface area contributed by atoms with Crippen LogP contribution < -0.4 is 15.0 Å². The van der Waals surface area contributed by atoms with Gasteiger partial charge in [0.15, 0.2) is 6.10 Å². The third kappa shape index (κ3) is 4.40. The van der Waals surface area contributed by atoms with Gasteiger partial charge in [-0.15, -0.1) is 0 Å². The van der Waals surface area contributed by atoms with Crippen molar-refractivity contribution in [1.29, 1.82) is 0 Å². The van der Waals surface area contributed by atoms with Crippen LogP contribution in [-0.4, -0.2) is 43.6 Å². The van der Waals surface area contributed by atoms with Crippen molar-refractivity contribution in [2.24, 2.45) is 5.92 Å². The number of nitrogens with one attached hydrogen (secondary N) is 1. The molecule has 1 aromatic rings. The van der Waals surface area contributed by atoms with Crippen molar-refractivity contribution >= 4 is 23.5 Å². The Balaban J connectivity index is 1.57. The summed E-state index contributed by atoms with van der Waals surface area (Å²) >= 11 is 0. The van der Waals surface area contributed by atoms with E-state index < -0.39 is 18.0 Å². The molecule has 1 aliphatic heterocycles. The van der Waals surface area contributed by atoms with Crippen LogP contribution in [0.3, 0.4) is 0 Å². The summed E-state index contributed by atoms with van der Waals surface area (Å²) in [7, 11) is 1.54. The summed E-state index contributed by atoms with van der Waals surface area (Å²) in [5.41, 5.74) is 0.632. The molecule has 1 aromatic carbocycles. The predicted molar refractivity (Wildman–Crippen MR) is 99.4 cm³/mol. The zero-order chi connectivity index (χ0) is 19.4. The summed E-state index contributed by atoms with van der Waals surface area (Å²) < 4.78 is 10.6. The first-order chi connectivity index (χ1) is 13.0. The van der Waals surface area contributed by atoms with Crippen LogP contribution in [0.4, 0.5) is 5.69 Å². The number of hydrogen-bond acceptors (Lipinski definition) is 5. The van der Waals surface area contributed by atoms with E-state index in [0.29, 0.717) is 11.4 Å². The fourth-order valence-corrected chi connectivity index (χ4v) is 3.66. The number of nitrogens with zero attached hydrogens (tertiary/aromatic N) is 1. The van der Waals surface area contributed by atoms with Gasteiger partial charge in [-0.25, -0.2) is 0 Å². The Morgan fingerprint density at radius 3 is 2.63 bits per heavy atom.